The Morgan fingerprint density at radius 2 is 1.84 bits per heavy atom. The third-order valence-electron chi connectivity index (χ3n) is 5.61. The fourth-order valence-electron chi connectivity index (χ4n) is 3.83. The van der Waals surface area contributed by atoms with Gasteiger partial charge in [-0.25, -0.2) is 8.42 Å². The molecule has 10 heteroatoms. The van der Waals surface area contributed by atoms with E-state index in [9.17, 15) is 18.0 Å². The molecule has 8 nitrogen and oxygen atoms in total. The summed E-state index contributed by atoms with van der Waals surface area (Å²) in [6.45, 7) is 2.00. The fourth-order valence-corrected chi connectivity index (χ4v) is 5.42. The van der Waals surface area contributed by atoms with Gasteiger partial charge in [0.2, 0.25) is 21.8 Å². The number of nitrogens with one attached hydrogen (secondary N) is 1. The summed E-state index contributed by atoms with van der Waals surface area (Å²) in [4.78, 5) is 26.8. The monoisotopic (exact) mass is 477 g/mol. The van der Waals surface area contributed by atoms with Crippen molar-refractivity contribution in [3.05, 3.63) is 59.1 Å². The zero-order chi connectivity index (χ0) is 22.7. The van der Waals surface area contributed by atoms with Gasteiger partial charge < -0.3 is 15.0 Å². The zero-order valence-corrected chi connectivity index (χ0v) is 18.9. The summed E-state index contributed by atoms with van der Waals surface area (Å²) in [5, 5.41) is 3.38. The molecule has 2 amide bonds. The first-order valence-corrected chi connectivity index (χ1v) is 12.2. The van der Waals surface area contributed by atoms with Crippen LogP contribution in [0.25, 0.3) is 0 Å². The molecular weight excluding hydrogens is 454 g/mol. The number of benzene rings is 2. The van der Waals surface area contributed by atoms with Crippen LogP contribution < -0.4 is 10.2 Å². The molecule has 2 fully saturated rings. The number of carbonyl (C=O) groups is 2. The Morgan fingerprint density at radius 1 is 1.12 bits per heavy atom. The number of sulfonamides is 1. The van der Waals surface area contributed by atoms with Gasteiger partial charge in [-0.1, -0.05) is 29.8 Å². The Balaban J connectivity index is 1.34. The van der Waals surface area contributed by atoms with Crippen LogP contribution in [0.15, 0.2) is 53.4 Å². The molecule has 1 N–H and O–H groups in total. The van der Waals surface area contributed by atoms with Crippen LogP contribution in [0.2, 0.25) is 5.02 Å². The van der Waals surface area contributed by atoms with Gasteiger partial charge in [0.25, 0.3) is 0 Å². The quantitative estimate of drug-likeness (QED) is 0.686. The highest BCUT2D eigenvalue weighted by molar-refractivity contribution is 7.89. The van der Waals surface area contributed by atoms with Crippen LogP contribution in [0.3, 0.4) is 0 Å². The average Bonchev–Trinajstić information content (AvgIpc) is 3.20. The van der Waals surface area contributed by atoms with Crippen molar-refractivity contribution in [2.75, 3.05) is 37.7 Å². The van der Waals surface area contributed by atoms with E-state index in [0.29, 0.717) is 43.6 Å². The van der Waals surface area contributed by atoms with Crippen molar-refractivity contribution in [1.29, 1.82) is 0 Å². The second-order valence-corrected chi connectivity index (χ2v) is 10.1. The molecule has 0 bridgehead atoms. The molecule has 2 aromatic carbocycles. The van der Waals surface area contributed by atoms with Gasteiger partial charge in [-0.05, 0) is 35.9 Å². The Labute approximate surface area is 192 Å². The van der Waals surface area contributed by atoms with Gasteiger partial charge in [0.15, 0.2) is 0 Å². The van der Waals surface area contributed by atoms with Gasteiger partial charge in [-0.15, -0.1) is 0 Å². The smallest absolute Gasteiger partial charge is 0.243 e. The van der Waals surface area contributed by atoms with E-state index >= 15 is 0 Å². The predicted molar refractivity (Wildman–Crippen MR) is 120 cm³/mol. The first kappa shape index (κ1) is 22.7. The first-order valence-electron chi connectivity index (χ1n) is 10.3. The standard InChI is InChI=1S/C22H24ClN3O5S/c23-18-2-1-3-19(13-18)26-15-17(12-21(26)27)22(28)24-14-16-4-6-20(7-5-16)32(29,30)25-8-10-31-11-9-25/h1-7,13,17H,8-12,14-15H2,(H,24,28). The summed E-state index contributed by atoms with van der Waals surface area (Å²) < 4.78 is 32.0. The number of halogens is 1. The Kier molecular flexibility index (Phi) is 6.80. The highest BCUT2D eigenvalue weighted by Crippen LogP contribution is 2.27. The average molecular weight is 478 g/mol. The Morgan fingerprint density at radius 3 is 2.53 bits per heavy atom. The number of ether oxygens (including phenoxy) is 1. The van der Waals surface area contributed by atoms with Crippen molar-refractivity contribution < 1.29 is 22.7 Å². The van der Waals surface area contributed by atoms with Gasteiger partial charge in [0.05, 0.1) is 24.0 Å². The van der Waals surface area contributed by atoms with E-state index in [1.54, 1.807) is 53.4 Å². The first-order chi connectivity index (χ1) is 15.3. The molecule has 1 unspecified atom stereocenters. The summed E-state index contributed by atoms with van der Waals surface area (Å²) in [7, 11) is -3.55. The maximum atomic E-state index is 12.7. The topological polar surface area (TPSA) is 96.0 Å². The minimum Gasteiger partial charge on any atom is -0.379 e. The third kappa shape index (κ3) is 4.96. The van der Waals surface area contributed by atoms with Crippen LogP contribution in [0, 0.1) is 5.92 Å². The number of hydrogen-bond donors (Lipinski definition) is 1. The molecule has 2 aliphatic rings. The summed E-state index contributed by atoms with van der Waals surface area (Å²) in [6.07, 6.45) is 0.134. The molecule has 0 aliphatic carbocycles. The molecule has 1 atom stereocenters. The normalized spacial score (nSPS) is 19.8. The molecule has 2 heterocycles. The SMILES string of the molecule is O=C(NCc1ccc(S(=O)(=O)N2CCOCC2)cc1)C1CC(=O)N(c2cccc(Cl)c2)C1. The zero-order valence-electron chi connectivity index (χ0n) is 17.4. The van der Waals surface area contributed by atoms with E-state index < -0.39 is 15.9 Å². The van der Waals surface area contributed by atoms with Crippen molar-refractivity contribution in [3.8, 4) is 0 Å². The number of carbonyl (C=O) groups excluding carboxylic acids is 2. The van der Waals surface area contributed by atoms with Crippen molar-refractivity contribution in [1.82, 2.24) is 9.62 Å². The van der Waals surface area contributed by atoms with E-state index in [0.717, 1.165) is 5.56 Å². The van der Waals surface area contributed by atoms with Gasteiger partial charge >= 0.3 is 0 Å². The van der Waals surface area contributed by atoms with Gasteiger partial charge in [-0.3, -0.25) is 9.59 Å². The van der Waals surface area contributed by atoms with Crippen LogP contribution in [0.4, 0.5) is 5.69 Å². The number of rotatable bonds is 6. The lowest BCUT2D eigenvalue weighted by Crippen LogP contribution is -2.40. The summed E-state index contributed by atoms with van der Waals surface area (Å²) in [5.74, 6) is -0.791. The van der Waals surface area contributed by atoms with Crippen molar-refractivity contribution in [3.63, 3.8) is 0 Å². The van der Waals surface area contributed by atoms with Crippen LogP contribution >= 0.6 is 11.6 Å². The largest absolute Gasteiger partial charge is 0.379 e. The fraction of sp³-hybridized carbons (Fsp3) is 0.364. The number of anilines is 1. The maximum absolute atomic E-state index is 12.7. The molecule has 0 saturated carbocycles. The molecule has 2 aromatic rings. The van der Waals surface area contributed by atoms with Gasteiger partial charge in [-0.2, -0.15) is 4.31 Å². The molecule has 0 spiro atoms. The lowest BCUT2D eigenvalue weighted by molar-refractivity contribution is -0.126. The predicted octanol–water partition coefficient (Wildman–Crippen LogP) is 2.03. The molecule has 0 aromatic heterocycles. The van der Waals surface area contributed by atoms with E-state index in [1.165, 1.54) is 4.31 Å². The van der Waals surface area contributed by atoms with Crippen LogP contribution in [0.5, 0.6) is 0 Å². The number of nitrogens with zero attached hydrogens (tertiary/aromatic N) is 2. The third-order valence-corrected chi connectivity index (χ3v) is 7.76. The maximum Gasteiger partial charge on any atom is 0.243 e. The van der Waals surface area contributed by atoms with Crippen LogP contribution in [0.1, 0.15) is 12.0 Å². The van der Waals surface area contributed by atoms with Gasteiger partial charge in [0.1, 0.15) is 0 Å². The van der Waals surface area contributed by atoms with Crippen LogP contribution in [-0.4, -0.2) is 57.4 Å². The van der Waals surface area contributed by atoms with E-state index in [4.69, 9.17) is 16.3 Å². The molecule has 32 heavy (non-hydrogen) atoms. The van der Waals surface area contributed by atoms with Crippen molar-refractivity contribution in [2.45, 2.75) is 17.9 Å². The molecule has 2 saturated heterocycles. The number of hydrogen-bond acceptors (Lipinski definition) is 5. The lowest BCUT2D eigenvalue weighted by atomic mass is 10.1. The second-order valence-electron chi connectivity index (χ2n) is 7.76. The Hall–Kier alpha value is -2.46. The highest BCUT2D eigenvalue weighted by atomic mass is 35.5. The second kappa shape index (κ2) is 9.58. The van der Waals surface area contributed by atoms with Crippen molar-refractivity contribution >= 4 is 39.1 Å². The van der Waals surface area contributed by atoms with Gasteiger partial charge in [0, 0.05) is 43.3 Å². The summed E-state index contributed by atoms with van der Waals surface area (Å²) in [6, 6.07) is 13.5. The highest BCUT2D eigenvalue weighted by Gasteiger charge is 2.35. The summed E-state index contributed by atoms with van der Waals surface area (Å²) in [5.41, 5.74) is 1.45. The molecule has 2 aliphatic heterocycles. The number of amides is 2. The summed E-state index contributed by atoms with van der Waals surface area (Å²) >= 11 is 6.01. The molecule has 4 rings (SSSR count). The molecule has 0 radical (unpaired) electrons. The lowest BCUT2D eigenvalue weighted by Gasteiger charge is -2.26. The minimum absolute atomic E-state index is 0.120. The Bertz CT molecular complexity index is 1100. The van der Waals surface area contributed by atoms with E-state index in [-0.39, 0.29) is 29.7 Å². The molecule has 170 valence electrons. The molecular formula is C22H24ClN3O5S. The number of morpholine rings is 1. The van der Waals surface area contributed by atoms with E-state index in [1.807, 2.05) is 0 Å². The minimum atomic E-state index is -3.55. The van der Waals surface area contributed by atoms with E-state index in [2.05, 4.69) is 5.32 Å². The van der Waals surface area contributed by atoms with Crippen LogP contribution in [-0.2, 0) is 30.9 Å². The van der Waals surface area contributed by atoms with Crippen molar-refractivity contribution in [2.24, 2.45) is 5.92 Å².